The number of aromatic nitrogens is 2. The lowest BCUT2D eigenvalue weighted by Crippen LogP contribution is -1.90. The zero-order chi connectivity index (χ0) is 28.5. The van der Waals surface area contributed by atoms with Crippen LogP contribution >= 0.6 is 0 Å². The van der Waals surface area contributed by atoms with Crippen molar-refractivity contribution in [3.05, 3.63) is 134 Å². The molecule has 0 aliphatic rings. The van der Waals surface area contributed by atoms with Crippen LogP contribution < -0.4 is 0 Å². The van der Waals surface area contributed by atoms with E-state index in [1.807, 2.05) is 31.6 Å². The lowest BCUT2D eigenvalue weighted by Gasteiger charge is -2.16. The second kappa shape index (κ2) is 10.9. The first-order valence-corrected chi connectivity index (χ1v) is 14.2. The molecule has 0 saturated carbocycles. The highest BCUT2D eigenvalue weighted by Crippen LogP contribution is 2.42. The largest absolute Gasteiger partial charge is 0.301 e. The third-order valence-corrected chi connectivity index (χ3v) is 8.07. The Balaban J connectivity index is 0.000000680. The predicted octanol–water partition coefficient (Wildman–Crippen LogP) is 10.2. The smallest absolute Gasteiger partial charge is 0.0708 e. The number of pyridine rings is 2. The fourth-order valence-electron chi connectivity index (χ4n) is 6.02. The third kappa shape index (κ3) is 4.36. The van der Waals surface area contributed by atoms with Gasteiger partial charge in [-0.15, -0.1) is 0 Å². The number of fused-ring (bicyclic) bond motifs is 1. The van der Waals surface area contributed by atoms with E-state index in [0.717, 1.165) is 5.52 Å². The van der Waals surface area contributed by atoms with E-state index in [1.54, 1.807) is 13.3 Å². The molecule has 0 aliphatic heterocycles. The zero-order valence-electron chi connectivity index (χ0n) is 23.6. The number of hydrogen-bond donors (Lipinski definition) is 0. The maximum absolute atomic E-state index is 4.53. The summed E-state index contributed by atoms with van der Waals surface area (Å²) in [5.41, 5.74) is 8.35. The number of nitrogens with zero attached hydrogens (tertiary/aromatic N) is 3. The van der Waals surface area contributed by atoms with Gasteiger partial charge in [0, 0.05) is 31.0 Å². The van der Waals surface area contributed by atoms with Gasteiger partial charge in [-0.25, -0.2) is 0 Å². The Labute approximate surface area is 245 Å². The minimum atomic E-state index is 1.02. The molecule has 8 aromatic rings. The highest BCUT2D eigenvalue weighted by atomic mass is 14.6. The normalized spacial score (nSPS) is 11.5. The van der Waals surface area contributed by atoms with E-state index in [4.69, 9.17) is 0 Å². The standard InChI is InChI=1S/C36H22N2.C3H7N/c1-3-28(31-4-2-20-38-34(31)5-1)23-6-8-24(9-7-23)29-14-10-26-13-17-33-30(25-18-21-37-22-19-25)15-11-27-12-16-32(29)35(26)36(27)33;1-3-4-2/h1-22H;3H,1-2H3. The summed E-state index contributed by atoms with van der Waals surface area (Å²) < 4.78 is 0. The molecule has 0 bridgehead atoms. The highest BCUT2D eigenvalue weighted by molar-refractivity contribution is 6.27. The second-order valence-electron chi connectivity index (χ2n) is 10.4. The van der Waals surface area contributed by atoms with Crippen molar-refractivity contribution in [1.29, 1.82) is 0 Å². The molecule has 3 nitrogen and oxygen atoms in total. The van der Waals surface area contributed by atoms with E-state index in [0.29, 0.717) is 0 Å². The van der Waals surface area contributed by atoms with Crippen LogP contribution in [0.1, 0.15) is 6.92 Å². The molecular weight excluding hydrogens is 510 g/mol. The van der Waals surface area contributed by atoms with E-state index in [-0.39, 0.29) is 0 Å². The van der Waals surface area contributed by atoms with Gasteiger partial charge in [-0.2, -0.15) is 0 Å². The topological polar surface area (TPSA) is 38.1 Å². The molecule has 2 aromatic heterocycles. The summed E-state index contributed by atoms with van der Waals surface area (Å²) in [4.78, 5) is 12.4. The Morgan fingerprint density at radius 2 is 1.02 bits per heavy atom. The quantitative estimate of drug-likeness (QED) is 0.165. The minimum absolute atomic E-state index is 1.02. The average Bonchev–Trinajstić information content (AvgIpc) is 3.07. The summed E-state index contributed by atoms with van der Waals surface area (Å²) in [6, 6.07) is 41.7. The van der Waals surface area contributed by atoms with E-state index in [1.165, 1.54) is 71.1 Å². The zero-order valence-corrected chi connectivity index (χ0v) is 23.6. The molecule has 0 N–H and O–H groups in total. The van der Waals surface area contributed by atoms with Crippen LogP contribution in [0.5, 0.6) is 0 Å². The summed E-state index contributed by atoms with van der Waals surface area (Å²) >= 11 is 0. The molecule has 2 heterocycles. The second-order valence-corrected chi connectivity index (χ2v) is 10.4. The Bertz CT molecular complexity index is 2190. The van der Waals surface area contributed by atoms with Gasteiger partial charge in [-0.1, -0.05) is 91.0 Å². The summed E-state index contributed by atoms with van der Waals surface area (Å²) in [7, 11) is 1.75. The van der Waals surface area contributed by atoms with Crippen LogP contribution in [-0.4, -0.2) is 23.2 Å². The molecule has 200 valence electrons. The molecule has 0 saturated heterocycles. The van der Waals surface area contributed by atoms with Crippen LogP contribution in [0, 0.1) is 0 Å². The average molecular weight is 540 g/mol. The van der Waals surface area contributed by atoms with Gasteiger partial charge >= 0.3 is 0 Å². The van der Waals surface area contributed by atoms with E-state index >= 15 is 0 Å². The Kier molecular flexibility index (Phi) is 6.61. The van der Waals surface area contributed by atoms with Gasteiger partial charge in [-0.3, -0.25) is 9.97 Å². The summed E-state index contributed by atoms with van der Waals surface area (Å²) in [5, 5.41) is 8.95. The van der Waals surface area contributed by atoms with Crippen molar-refractivity contribution < 1.29 is 0 Å². The van der Waals surface area contributed by atoms with Crippen molar-refractivity contribution in [3.8, 4) is 33.4 Å². The lowest BCUT2D eigenvalue weighted by atomic mass is 9.87. The monoisotopic (exact) mass is 539 g/mol. The molecule has 0 aliphatic carbocycles. The van der Waals surface area contributed by atoms with Crippen molar-refractivity contribution in [2.75, 3.05) is 7.05 Å². The van der Waals surface area contributed by atoms with Crippen LogP contribution in [0.15, 0.2) is 139 Å². The molecule has 0 spiro atoms. The Hall–Kier alpha value is -5.41. The Morgan fingerprint density at radius 1 is 0.500 bits per heavy atom. The van der Waals surface area contributed by atoms with Crippen molar-refractivity contribution in [2.45, 2.75) is 6.92 Å². The molecule has 8 rings (SSSR count). The maximum atomic E-state index is 4.53. The lowest BCUT2D eigenvalue weighted by molar-refractivity contribution is 1.33. The van der Waals surface area contributed by atoms with Crippen molar-refractivity contribution in [2.24, 2.45) is 4.99 Å². The molecule has 42 heavy (non-hydrogen) atoms. The fourth-order valence-corrected chi connectivity index (χ4v) is 6.02. The van der Waals surface area contributed by atoms with Gasteiger partial charge in [0.1, 0.15) is 0 Å². The minimum Gasteiger partial charge on any atom is -0.301 e. The van der Waals surface area contributed by atoms with E-state index < -0.39 is 0 Å². The molecule has 0 radical (unpaired) electrons. The number of benzene rings is 6. The van der Waals surface area contributed by atoms with Crippen LogP contribution in [0.25, 0.3) is 76.6 Å². The molecule has 0 unspecified atom stereocenters. The molecule has 0 amide bonds. The van der Waals surface area contributed by atoms with Gasteiger partial charge in [0.15, 0.2) is 0 Å². The Morgan fingerprint density at radius 3 is 1.60 bits per heavy atom. The fraction of sp³-hybridized carbons (Fsp3) is 0.0513. The summed E-state index contributed by atoms with van der Waals surface area (Å²) in [6.45, 7) is 1.89. The van der Waals surface area contributed by atoms with E-state index in [2.05, 4.69) is 124 Å². The van der Waals surface area contributed by atoms with Gasteiger partial charge < -0.3 is 4.99 Å². The van der Waals surface area contributed by atoms with Gasteiger partial charge in [0.2, 0.25) is 0 Å². The van der Waals surface area contributed by atoms with Crippen LogP contribution in [-0.2, 0) is 0 Å². The third-order valence-electron chi connectivity index (χ3n) is 8.07. The summed E-state index contributed by atoms with van der Waals surface area (Å²) in [6.07, 6.45) is 7.33. The van der Waals surface area contributed by atoms with Gasteiger partial charge in [0.05, 0.1) is 5.52 Å². The molecule has 0 atom stereocenters. The first-order chi connectivity index (χ1) is 20.8. The van der Waals surface area contributed by atoms with Gasteiger partial charge in [-0.05, 0) is 103 Å². The SMILES string of the molecule is CC=NC.c1cc(-c2ccc(-c3ccc4ccc5c(-c6ccncc6)ccc6ccc3c4c65)cc2)c2cccnc2c1. The highest BCUT2D eigenvalue weighted by Gasteiger charge is 2.15. The molecular formula is C39H29N3. The van der Waals surface area contributed by atoms with Crippen LogP contribution in [0.3, 0.4) is 0 Å². The van der Waals surface area contributed by atoms with Crippen molar-refractivity contribution >= 4 is 49.4 Å². The van der Waals surface area contributed by atoms with Crippen LogP contribution in [0.2, 0.25) is 0 Å². The van der Waals surface area contributed by atoms with Crippen molar-refractivity contribution in [1.82, 2.24) is 9.97 Å². The summed E-state index contributed by atoms with van der Waals surface area (Å²) in [5.74, 6) is 0. The van der Waals surface area contributed by atoms with Gasteiger partial charge in [0.25, 0.3) is 0 Å². The van der Waals surface area contributed by atoms with Crippen LogP contribution in [0.4, 0.5) is 0 Å². The number of hydrogen-bond acceptors (Lipinski definition) is 3. The predicted molar refractivity (Wildman–Crippen MR) is 180 cm³/mol. The number of rotatable bonds is 3. The molecule has 6 aromatic carbocycles. The first-order valence-electron chi connectivity index (χ1n) is 14.2. The van der Waals surface area contributed by atoms with Crippen molar-refractivity contribution in [3.63, 3.8) is 0 Å². The maximum Gasteiger partial charge on any atom is 0.0708 e. The number of aliphatic imine (C=N–C) groups is 1. The first kappa shape index (κ1) is 25.6. The molecule has 3 heteroatoms. The van der Waals surface area contributed by atoms with E-state index in [9.17, 15) is 0 Å². The molecule has 0 fully saturated rings.